The van der Waals surface area contributed by atoms with Gasteiger partial charge in [0.05, 0.1) is 4.90 Å². The second kappa shape index (κ2) is 8.67. The zero-order valence-corrected chi connectivity index (χ0v) is 17.5. The highest BCUT2D eigenvalue weighted by Crippen LogP contribution is 2.19. The lowest BCUT2D eigenvalue weighted by Gasteiger charge is -2.23. The Morgan fingerprint density at radius 3 is 2.15 bits per heavy atom. The highest BCUT2D eigenvalue weighted by atomic mass is 32.2. The van der Waals surface area contributed by atoms with E-state index in [1.54, 1.807) is 24.1 Å². The van der Waals surface area contributed by atoms with Crippen molar-refractivity contribution in [2.75, 3.05) is 13.6 Å². The molecule has 0 aliphatic rings. The quantitative estimate of drug-likeness (QED) is 0.727. The average Bonchev–Trinajstić information content (AvgIpc) is 2.66. The summed E-state index contributed by atoms with van der Waals surface area (Å²) in [7, 11) is -2.00. The molecule has 2 rings (SSSR count). The molecule has 6 heteroatoms. The van der Waals surface area contributed by atoms with E-state index in [1.807, 2.05) is 52.0 Å². The summed E-state index contributed by atoms with van der Waals surface area (Å²) >= 11 is 0. The number of carbonyl (C=O) groups excluding carboxylic acids is 1. The van der Waals surface area contributed by atoms with Crippen molar-refractivity contribution in [1.82, 2.24) is 9.21 Å². The second-order valence-electron chi connectivity index (χ2n) is 6.89. The van der Waals surface area contributed by atoms with Gasteiger partial charge >= 0.3 is 0 Å². The minimum Gasteiger partial charge on any atom is -0.335 e. The van der Waals surface area contributed by atoms with Crippen LogP contribution < -0.4 is 0 Å². The van der Waals surface area contributed by atoms with Gasteiger partial charge in [-0.25, -0.2) is 8.42 Å². The summed E-state index contributed by atoms with van der Waals surface area (Å²) in [6.07, 6.45) is 0. The maximum atomic E-state index is 12.9. The monoisotopic (exact) mass is 388 g/mol. The van der Waals surface area contributed by atoms with E-state index in [2.05, 4.69) is 0 Å². The van der Waals surface area contributed by atoms with Crippen LogP contribution in [0.2, 0.25) is 0 Å². The predicted octanol–water partition coefficient (Wildman–Crippen LogP) is 3.69. The summed E-state index contributed by atoms with van der Waals surface area (Å²) in [6, 6.07) is 14.0. The van der Waals surface area contributed by atoms with Gasteiger partial charge < -0.3 is 4.90 Å². The molecule has 0 atom stereocenters. The van der Waals surface area contributed by atoms with Crippen molar-refractivity contribution >= 4 is 15.9 Å². The molecule has 1 amide bonds. The molecule has 2 aromatic rings. The molecule has 0 aromatic heterocycles. The van der Waals surface area contributed by atoms with Crippen LogP contribution in [0.1, 0.15) is 42.3 Å². The highest BCUT2D eigenvalue weighted by molar-refractivity contribution is 7.89. The van der Waals surface area contributed by atoms with Gasteiger partial charge in [-0.15, -0.1) is 0 Å². The Kier molecular flexibility index (Phi) is 6.78. The van der Waals surface area contributed by atoms with Crippen molar-refractivity contribution in [3.8, 4) is 0 Å². The topological polar surface area (TPSA) is 57.7 Å². The van der Waals surface area contributed by atoms with E-state index < -0.39 is 10.0 Å². The molecular formula is C21H28N2O3S. The normalized spacial score (nSPS) is 11.8. The summed E-state index contributed by atoms with van der Waals surface area (Å²) < 4.78 is 26.4. The lowest BCUT2D eigenvalue weighted by molar-refractivity contribution is 0.0752. The van der Waals surface area contributed by atoms with Crippen molar-refractivity contribution in [2.45, 2.75) is 45.2 Å². The van der Waals surface area contributed by atoms with Crippen molar-refractivity contribution in [1.29, 1.82) is 0 Å². The fourth-order valence-electron chi connectivity index (χ4n) is 2.72. The van der Waals surface area contributed by atoms with Crippen molar-refractivity contribution in [2.24, 2.45) is 0 Å². The van der Waals surface area contributed by atoms with Crippen LogP contribution in [0.4, 0.5) is 0 Å². The van der Waals surface area contributed by atoms with Gasteiger partial charge in [0.25, 0.3) is 5.91 Å². The third-order valence-electron chi connectivity index (χ3n) is 4.80. The first-order chi connectivity index (χ1) is 12.7. The number of benzene rings is 2. The number of sulfonamides is 1. The van der Waals surface area contributed by atoms with Crippen LogP contribution >= 0.6 is 0 Å². The molecule has 0 heterocycles. The molecule has 0 spiro atoms. The summed E-state index contributed by atoms with van der Waals surface area (Å²) in [5.74, 6) is -0.109. The van der Waals surface area contributed by atoms with Gasteiger partial charge in [-0.3, -0.25) is 4.79 Å². The minimum absolute atomic E-state index is 0.109. The zero-order valence-electron chi connectivity index (χ0n) is 16.6. The summed E-state index contributed by atoms with van der Waals surface area (Å²) in [6.45, 7) is 8.70. The first kappa shape index (κ1) is 21.1. The third-order valence-corrected chi connectivity index (χ3v) is 6.84. The Hall–Kier alpha value is -2.18. The molecule has 0 N–H and O–H groups in total. The molecule has 0 saturated heterocycles. The van der Waals surface area contributed by atoms with Crippen molar-refractivity contribution in [3.05, 3.63) is 65.2 Å². The predicted molar refractivity (Wildman–Crippen MR) is 108 cm³/mol. The van der Waals surface area contributed by atoms with Gasteiger partial charge in [0.2, 0.25) is 10.0 Å². The molecule has 5 nitrogen and oxygen atoms in total. The van der Waals surface area contributed by atoms with Crippen LogP contribution in [0.3, 0.4) is 0 Å². The highest BCUT2D eigenvalue weighted by Gasteiger charge is 2.23. The molecule has 146 valence electrons. The third kappa shape index (κ3) is 4.76. The molecule has 2 aromatic carbocycles. The molecule has 0 aliphatic heterocycles. The molecule has 0 radical (unpaired) electrons. The minimum atomic E-state index is -3.55. The van der Waals surface area contributed by atoms with Crippen LogP contribution in [-0.2, 0) is 16.6 Å². The van der Waals surface area contributed by atoms with Crippen LogP contribution in [-0.4, -0.2) is 43.2 Å². The molecule has 0 aliphatic carbocycles. The SMILES string of the molecule is CCN(Cc1ccccc1C)C(=O)c1ccc(S(=O)(=O)N(C)C(C)C)cc1. The Morgan fingerprint density at radius 2 is 1.63 bits per heavy atom. The van der Waals surface area contributed by atoms with E-state index >= 15 is 0 Å². The lowest BCUT2D eigenvalue weighted by atomic mass is 10.1. The average molecular weight is 389 g/mol. The molecule has 0 fully saturated rings. The second-order valence-corrected chi connectivity index (χ2v) is 8.88. The van der Waals surface area contributed by atoms with Gasteiger partial charge in [-0.1, -0.05) is 24.3 Å². The number of rotatable bonds is 7. The maximum Gasteiger partial charge on any atom is 0.254 e. The Morgan fingerprint density at radius 1 is 1.04 bits per heavy atom. The molecule has 0 unspecified atom stereocenters. The fourth-order valence-corrected chi connectivity index (χ4v) is 4.08. The van der Waals surface area contributed by atoms with E-state index in [0.717, 1.165) is 11.1 Å². The Labute approximate surface area is 162 Å². The van der Waals surface area contributed by atoms with Gasteiger partial charge in [-0.05, 0) is 63.1 Å². The number of hydrogen-bond acceptors (Lipinski definition) is 3. The van der Waals surface area contributed by atoms with Crippen LogP contribution in [0, 0.1) is 6.92 Å². The van der Waals surface area contributed by atoms with Gasteiger partial charge in [0.1, 0.15) is 0 Å². The Balaban J connectivity index is 2.22. The number of amides is 1. The van der Waals surface area contributed by atoms with Crippen molar-refractivity contribution < 1.29 is 13.2 Å². The zero-order chi connectivity index (χ0) is 20.2. The van der Waals surface area contributed by atoms with Gasteiger partial charge in [0.15, 0.2) is 0 Å². The number of aryl methyl sites for hydroxylation is 1. The van der Waals surface area contributed by atoms with E-state index in [4.69, 9.17) is 0 Å². The molecule has 0 saturated carbocycles. The molecular weight excluding hydrogens is 360 g/mol. The van der Waals surface area contributed by atoms with Gasteiger partial charge in [0, 0.05) is 31.7 Å². The number of carbonyl (C=O) groups is 1. The standard InChI is InChI=1S/C21H28N2O3S/c1-6-23(15-19-10-8-7-9-17(19)4)21(24)18-11-13-20(14-12-18)27(25,26)22(5)16(2)3/h7-14,16H,6,15H2,1-5H3. The first-order valence-electron chi connectivity index (χ1n) is 9.10. The molecule has 27 heavy (non-hydrogen) atoms. The fraction of sp³-hybridized carbons (Fsp3) is 0.381. The maximum absolute atomic E-state index is 12.9. The Bertz CT molecular complexity index is 890. The lowest BCUT2D eigenvalue weighted by Crippen LogP contribution is -2.33. The van der Waals surface area contributed by atoms with Crippen LogP contribution in [0.25, 0.3) is 0 Å². The summed E-state index contributed by atoms with van der Waals surface area (Å²) in [5, 5.41) is 0. The number of hydrogen-bond donors (Lipinski definition) is 0. The van der Waals surface area contributed by atoms with Crippen molar-refractivity contribution in [3.63, 3.8) is 0 Å². The van der Waals surface area contributed by atoms with Crippen LogP contribution in [0.15, 0.2) is 53.4 Å². The first-order valence-corrected chi connectivity index (χ1v) is 10.5. The molecule has 0 bridgehead atoms. The van der Waals surface area contributed by atoms with E-state index in [0.29, 0.717) is 18.7 Å². The van der Waals surface area contributed by atoms with E-state index in [-0.39, 0.29) is 16.8 Å². The van der Waals surface area contributed by atoms with E-state index in [1.165, 1.54) is 16.4 Å². The number of nitrogens with zero attached hydrogens (tertiary/aromatic N) is 2. The van der Waals surface area contributed by atoms with Crippen LogP contribution in [0.5, 0.6) is 0 Å². The summed E-state index contributed by atoms with van der Waals surface area (Å²) in [4.78, 5) is 14.8. The summed E-state index contributed by atoms with van der Waals surface area (Å²) in [5.41, 5.74) is 2.73. The largest absolute Gasteiger partial charge is 0.335 e. The van der Waals surface area contributed by atoms with Gasteiger partial charge in [-0.2, -0.15) is 4.31 Å². The van der Waals surface area contributed by atoms with E-state index in [9.17, 15) is 13.2 Å². The smallest absolute Gasteiger partial charge is 0.254 e.